The van der Waals surface area contributed by atoms with Crippen molar-refractivity contribution in [1.29, 1.82) is 0 Å². The lowest BCUT2D eigenvalue weighted by atomic mass is 9.46. The fourth-order valence-corrected chi connectivity index (χ4v) is 7.26. The van der Waals surface area contributed by atoms with Gasteiger partial charge in [-0.15, -0.1) is 0 Å². The van der Waals surface area contributed by atoms with Crippen molar-refractivity contribution in [3.63, 3.8) is 0 Å². The summed E-state index contributed by atoms with van der Waals surface area (Å²) in [5.41, 5.74) is 2.73. The number of carbonyl (C=O) groups is 2. The van der Waals surface area contributed by atoms with E-state index in [1.165, 1.54) is 24.0 Å². The molecule has 0 radical (unpaired) electrons. The molecule has 4 aliphatic carbocycles. The molecule has 25 heavy (non-hydrogen) atoms. The van der Waals surface area contributed by atoms with E-state index in [0.29, 0.717) is 35.7 Å². The highest BCUT2D eigenvalue weighted by Gasteiger charge is 2.63. The lowest BCUT2D eigenvalue weighted by Crippen LogP contribution is -2.52. The molecule has 0 aromatic rings. The maximum absolute atomic E-state index is 12.5. The molecule has 0 spiro atoms. The monoisotopic (exact) mass is 340 g/mol. The summed E-state index contributed by atoms with van der Waals surface area (Å²) in [6.45, 7) is 11.0. The molecule has 0 N–H and O–H groups in total. The van der Waals surface area contributed by atoms with E-state index in [0.717, 1.165) is 19.3 Å². The Morgan fingerprint density at radius 2 is 1.76 bits per heavy atom. The van der Waals surface area contributed by atoms with Crippen LogP contribution in [-0.2, 0) is 9.59 Å². The first kappa shape index (κ1) is 17.2. The molecule has 0 amide bonds. The van der Waals surface area contributed by atoms with Gasteiger partial charge in [-0.3, -0.25) is 9.59 Å². The number of rotatable bonds is 1. The van der Waals surface area contributed by atoms with Gasteiger partial charge in [0, 0.05) is 11.8 Å². The molecule has 2 heteroatoms. The third kappa shape index (κ3) is 2.03. The van der Waals surface area contributed by atoms with E-state index >= 15 is 0 Å². The quantitative estimate of drug-likeness (QED) is 0.651. The van der Waals surface area contributed by atoms with Crippen LogP contribution in [0.2, 0.25) is 0 Å². The van der Waals surface area contributed by atoms with Gasteiger partial charge >= 0.3 is 0 Å². The van der Waals surface area contributed by atoms with Gasteiger partial charge in [0.2, 0.25) is 0 Å². The predicted molar refractivity (Wildman–Crippen MR) is 100 cm³/mol. The zero-order valence-electron chi connectivity index (χ0n) is 16.4. The van der Waals surface area contributed by atoms with Gasteiger partial charge in [0.05, 0.1) is 0 Å². The topological polar surface area (TPSA) is 34.1 Å². The molecule has 0 aliphatic heterocycles. The van der Waals surface area contributed by atoms with Crippen LogP contribution in [0.15, 0.2) is 23.3 Å². The SMILES string of the molecule is CC(=O)[C@]1(C)CC[C@@H]2[C@H]3C=C(C)C4=CC(=O)CC[C@@]4(C)[C@@H]3CC[C@]21C. The summed E-state index contributed by atoms with van der Waals surface area (Å²) in [5.74, 6) is 2.47. The maximum Gasteiger partial charge on any atom is 0.156 e. The lowest BCUT2D eigenvalue weighted by molar-refractivity contribution is -0.136. The van der Waals surface area contributed by atoms with E-state index in [4.69, 9.17) is 0 Å². The first-order valence-electron chi connectivity index (χ1n) is 10.1. The number of hydrogen-bond acceptors (Lipinski definition) is 2. The molecule has 2 nitrogen and oxygen atoms in total. The van der Waals surface area contributed by atoms with Gasteiger partial charge in [-0.25, -0.2) is 0 Å². The molecular weight excluding hydrogens is 308 g/mol. The normalized spacial score (nSPS) is 48.8. The minimum atomic E-state index is -0.163. The second-order valence-electron chi connectivity index (χ2n) is 9.96. The van der Waals surface area contributed by atoms with Crippen molar-refractivity contribution in [2.45, 2.75) is 73.1 Å². The molecule has 0 bridgehead atoms. The van der Waals surface area contributed by atoms with Crippen LogP contribution in [0, 0.1) is 34.0 Å². The second-order valence-corrected chi connectivity index (χ2v) is 9.96. The molecule has 0 heterocycles. The van der Waals surface area contributed by atoms with Crippen LogP contribution in [0.5, 0.6) is 0 Å². The van der Waals surface area contributed by atoms with Crippen molar-refractivity contribution < 1.29 is 9.59 Å². The fraction of sp³-hybridized carbons (Fsp3) is 0.739. The molecular formula is C23H32O2. The van der Waals surface area contributed by atoms with Gasteiger partial charge in [0.25, 0.3) is 0 Å². The molecule has 2 fully saturated rings. The molecule has 4 aliphatic rings. The van der Waals surface area contributed by atoms with Crippen molar-refractivity contribution in [3.8, 4) is 0 Å². The standard InChI is InChI=1S/C23H32O2/c1-14-12-17-18(21(3)9-6-16(25)13-20(14)21)7-11-23(5)19(17)8-10-22(23,4)15(2)24/h12-13,17-19H,6-11H2,1-5H3/t17-,18+,19+,21-,22-,23+/m0/s1. The molecule has 2 saturated carbocycles. The maximum atomic E-state index is 12.5. The number of allylic oxidation sites excluding steroid dienone is 4. The second kappa shape index (κ2) is 5.18. The van der Waals surface area contributed by atoms with Crippen molar-refractivity contribution >= 4 is 11.6 Å². The Morgan fingerprint density at radius 1 is 1.08 bits per heavy atom. The van der Waals surface area contributed by atoms with Crippen LogP contribution in [0.3, 0.4) is 0 Å². The molecule has 0 saturated heterocycles. The summed E-state index contributed by atoms with van der Waals surface area (Å²) in [4.78, 5) is 24.5. The van der Waals surface area contributed by atoms with Gasteiger partial charge in [-0.2, -0.15) is 0 Å². The first-order valence-corrected chi connectivity index (χ1v) is 10.1. The van der Waals surface area contributed by atoms with Crippen molar-refractivity contribution in [2.75, 3.05) is 0 Å². The van der Waals surface area contributed by atoms with E-state index in [-0.39, 0.29) is 16.2 Å². The van der Waals surface area contributed by atoms with Crippen molar-refractivity contribution in [1.82, 2.24) is 0 Å². The Bertz CT molecular complexity index is 714. The summed E-state index contributed by atoms with van der Waals surface area (Å²) in [6, 6.07) is 0. The van der Waals surface area contributed by atoms with Crippen LogP contribution < -0.4 is 0 Å². The summed E-state index contributed by atoms with van der Waals surface area (Å²) in [5, 5.41) is 0. The van der Waals surface area contributed by atoms with E-state index in [1.807, 2.05) is 6.08 Å². The highest BCUT2D eigenvalue weighted by Crippen LogP contribution is 2.69. The Labute approximate surface area is 152 Å². The summed E-state index contributed by atoms with van der Waals surface area (Å²) in [7, 11) is 0. The third-order valence-electron chi connectivity index (χ3n) is 9.21. The van der Waals surface area contributed by atoms with Gasteiger partial charge in [0.1, 0.15) is 5.78 Å². The molecule has 6 atom stereocenters. The zero-order chi connectivity index (χ0) is 18.2. The minimum absolute atomic E-state index is 0.124. The van der Waals surface area contributed by atoms with E-state index in [1.54, 1.807) is 6.92 Å². The van der Waals surface area contributed by atoms with E-state index in [2.05, 4.69) is 33.8 Å². The lowest BCUT2D eigenvalue weighted by Gasteiger charge is -2.58. The summed E-state index contributed by atoms with van der Waals surface area (Å²) in [6.07, 6.45) is 10.7. The zero-order valence-corrected chi connectivity index (χ0v) is 16.4. The summed E-state index contributed by atoms with van der Waals surface area (Å²) >= 11 is 0. The minimum Gasteiger partial charge on any atom is -0.299 e. The molecule has 0 aromatic heterocycles. The van der Waals surface area contributed by atoms with Crippen LogP contribution in [0.4, 0.5) is 0 Å². The Hall–Kier alpha value is -1.18. The highest BCUT2D eigenvalue weighted by molar-refractivity contribution is 5.92. The Morgan fingerprint density at radius 3 is 2.44 bits per heavy atom. The molecule has 0 unspecified atom stereocenters. The van der Waals surface area contributed by atoms with E-state index in [9.17, 15) is 9.59 Å². The van der Waals surface area contributed by atoms with Crippen molar-refractivity contribution in [2.24, 2.45) is 34.0 Å². The highest BCUT2D eigenvalue weighted by atomic mass is 16.1. The molecule has 136 valence electrons. The number of ketones is 2. The summed E-state index contributed by atoms with van der Waals surface area (Å²) < 4.78 is 0. The van der Waals surface area contributed by atoms with Crippen LogP contribution in [0.25, 0.3) is 0 Å². The van der Waals surface area contributed by atoms with E-state index < -0.39 is 0 Å². The number of carbonyl (C=O) groups excluding carboxylic acids is 2. The van der Waals surface area contributed by atoms with Gasteiger partial charge < -0.3 is 0 Å². The van der Waals surface area contributed by atoms with Gasteiger partial charge in [-0.05, 0) is 86.2 Å². The predicted octanol–water partition coefficient (Wildman–Crippen LogP) is 5.28. The fourth-order valence-electron chi connectivity index (χ4n) is 7.26. The van der Waals surface area contributed by atoms with Gasteiger partial charge in [-0.1, -0.05) is 32.4 Å². The third-order valence-corrected chi connectivity index (χ3v) is 9.21. The number of fused-ring (bicyclic) bond motifs is 5. The van der Waals surface area contributed by atoms with Crippen LogP contribution in [0.1, 0.15) is 73.1 Å². The Balaban J connectivity index is 1.80. The Kier molecular flexibility index (Phi) is 3.57. The average Bonchev–Trinajstić information content (AvgIpc) is 2.83. The number of Topliss-reactive ketones (excluding diaryl/α,β-unsaturated/α-hetero) is 1. The smallest absolute Gasteiger partial charge is 0.156 e. The largest absolute Gasteiger partial charge is 0.299 e. The average molecular weight is 341 g/mol. The first-order chi connectivity index (χ1) is 11.6. The van der Waals surface area contributed by atoms with Gasteiger partial charge in [0.15, 0.2) is 5.78 Å². The van der Waals surface area contributed by atoms with Crippen LogP contribution >= 0.6 is 0 Å². The molecule has 4 rings (SSSR count). The number of hydrogen-bond donors (Lipinski definition) is 0. The molecule has 0 aromatic carbocycles. The van der Waals surface area contributed by atoms with Crippen molar-refractivity contribution in [3.05, 3.63) is 23.3 Å². The van der Waals surface area contributed by atoms with Crippen LogP contribution in [-0.4, -0.2) is 11.6 Å².